The van der Waals surface area contributed by atoms with Crippen molar-refractivity contribution in [2.45, 2.75) is 32.0 Å². The molecule has 0 radical (unpaired) electrons. The van der Waals surface area contributed by atoms with E-state index < -0.39 is 0 Å². The summed E-state index contributed by atoms with van der Waals surface area (Å²) in [6.45, 7) is 6.49. The second-order valence-electron chi connectivity index (χ2n) is 5.06. The molecule has 19 heavy (non-hydrogen) atoms. The van der Waals surface area contributed by atoms with Crippen molar-refractivity contribution in [2.75, 3.05) is 0 Å². The maximum Gasteiger partial charge on any atom is 0.0438 e. The largest absolute Gasteiger partial charge is 0.0835 e. The van der Waals surface area contributed by atoms with Crippen molar-refractivity contribution in [3.05, 3.63) is 68.7 Å². The van der Waals surface area contributed by atoms with Crippen LogP contribution in [-0.4, -0.2) is 0 Å². The zero-order valence-electron chi connectivity index (χ0n) is 11.5. The number of hydrogen-bond acceptors (Lipinski definition) is 0. The fraction of sp³-hybridized carbons (Fsp3) is 0.294. The average Bonchev–Trinajstić information content (AvgIpc) is 2.36. The molecule has 2 rings (SSSR count). The Morgan fingerprint density at radius 2 is 1.63 bits per heavy atom. The second-order valence-corrected chi connectivity index (χ2v) is 7.02. The number of hydrogen-bond donors (Lipinski definition) is 0. The Labute approximate surface area is 132 Å². The Bertz CT molecular complexity index is 588. The highest BCUT2D eigenvalue weighted by Gasteiger charge is 2.13. The topological polar surface area (TPSA) is 0 Å². The maximum atomic E-state index is 3.85. The lowest BCUT2D eigenvalue weighted by Gasteiger charge is -2.16. The summed E-state index contributed by atoms with van der Waals surface area (Å²) in [5.74, 6) is 0. The van der Waals surface area contributed by atoms with E-state index in [1.165, 1.54) is 32.3 Å². The third-order valence-corrected chi connectivity index (χ3v) is 5.22. The van der Waals surface area contributed by atoms with Gasteiger partial charge in [0.15, 0.2) is 0 Å². The van der Waals surface area contributed by atoms with Gasteiger partial charge in [-0.3, -0.25) is 0 Å². The van der Waals surface area contributed by atoms with Gasteiger partial charge in [-0.2, -0.15) is 0 Å². The quantitative estimate of drug-likeness (QED) is 0.567. The Morgan fingerprint density at radius 1 is 0.947 bits per heavy atom. The highest BCUT2D eigenvalue weighted by atomic mass is 79.9. The third kappa shape index (κ3) is 3.49. The Morgan fingerprint density at radius 3 is 2.32 bits per heavy atom. The molecule has 0 aliphatic heterocycles. The van der Waals surface area contributed by atoms with Gasteiger partial charge in [-0.1, -0.05) is 62.2 Å². The minimum atomic E-state index is 0.361. The molecule has 0 aliphatic rings. The zero-order chi connectivity index (χ0) is 14.0. The lowest BCUT2D eigenvalue weighted by Crippen LogP contribution is -2.00. The molecule has 1 atom stereocenters. The van der Waals surface area contributed by atoms with E-state index in [4.69, 9.17) is 0 Å². The molecule has 0 nitrogen and oxygen atoms in total. The molecule has 2 aromatic rings. The first kappa shape index (κ1) is 14.8. The van der Waals surface area contributed by atoms with E-state index in [2.05, 4.69) is 89.0 Å². The average molecular weight is 382 g/mol. The molecule has 0 aromatic heterocycles. The summed E-state index contributed by atoms with van der Waals surface area (Å²) in [7, 11) is 0. The standard InChI is InChI=1S/C17H18Br2/c1-11-6-4-5-7-14(11)10-17(19)15-8-13(3)16(18)9-12(15)2/h4-9,17H,10H2,1-3H3. The molecule has 0 saturated heterocycles. The van der Waals surface area contributed by atoms with Crippen molar-refractivity contribution in [3.63, 3.8) is 0 Å². The zero-order valence-corrected chi connectivity index (χ0v) is 14.7. The van der Waals surface area contributed by atoms with Gasteiger partial charge >= 0.3 is 0 Å². The lowest BCUT2D eigenvalue weighted by molar-refractivity contribution is 0.926. The van der Waals surface area contributed by atoms with Gasteiger partial charge in [0.05, 0.1) is 0 Å². The van der Waals surface area contributed by atoms with Crippen LogP contribution in [0, 0.1) is 20.8 Å². The summed E-state index contributed by atoms with van der Waals surface area (Å²) < 4.78 is 1.18. The third-order valence-electron chi connectivity index (χ3n) is 3.55. The minimum Gasteiger partial charge on any atom is -0.0835 e. The highest BCUT2D eigenvalue weighted by molar-refractivity contribution is 9.10. The van der Waals surface area contributed by atoms with Crippen LogP contribution in [0.15, 0.2) is 40.9 Å². The second kappa shape index (κ2) is 6.23. The smallest absolute Gasteiger partial charge is 0.0438 e. The van der Waals surface area contributed by atoms with E-state index in [0.29, 0.717) is 4.83 Å². The fourth-order valence-electron chi connectivity index (χ4n) is 2.28. The molecule has 0 heterocycles. The van der Waals surface area contributed by atoms with Gasteiger partial charge in [-0.25, -0.2) is 0 Å². The summed E-state index contributed by atoms with van der Waals surface area (Å²) in [6.07, 6.45) is 1.02. The predicted octanol–water partition coefficient (Wildman–Crippen LogP) is 6.05. The van der Waals surface area contributed by atoms with Crippen molar-refractivity contribution in [2.24, 2.45) is 0 Å². The van der Waals surface area contributed by atoms with Gasteiger partial charge in [0, 0.05) is 9.30 Å². The van der Waals surface area contributed by atoms with Crippen LogP contribution in [0.25, 0.3) is 0 Å². The molecule has 2 heteroatoms. The molecule has 0 fully saturated rings. The summed E-state index contributed by atoms with van der Waals surface area (Å²) in [5.41, 5.74) is 6.76. The van der Waals surface area contributed by atoms with Crippen molar-refractivity contribution >= 4 is 31.9 Å². The normalized spacial score (nSPS) is 12.5. The van der Waals surface area contributed by atoms with E-state index in [9.17, 15) is 0 Å². The molecular formula is C17H18Br2. The van der Waals surface area contributed by atoms with Gasteiger partial charge in [0.25, 0.3) is 0 Å². The highest BCUT2D eigenvalue weighted by Crippen LogP contribution is 2.33. The fourth-order valence-corrected chi connectivity index (χ4v) is 3.58. The number of aryl methyl sites for hydroxylation is 3. The van der Waals surface area contributed by atoms with E-state index >= 15 is 0 Å². The number of benzene rings is 2. The summed E-state index contributed by atoms with van der Waals surface area (Å²) in [6, 6.07) is 13.1. The lowest BCUT2D eigenvalue weighted by atomic mass is 9.97. The van der Waals surface area contributed by atoms with Crippen LogP contribution in [-0.2, 0) is 6.42 Å². The van der Waals surface area contributed by atoms with Crippen molar-refractivity contribution in [1.29, 1.82) is 0 Å². The molecule has 1 unspecified atom stereocenters. The molecule has 0 saturated carbocycles. The maximum absolute atomic E-state index is 3.85. The van der Waals surface area contributed by atoms with Gasteiger partial charge in [0.1, 0.15) is 0 Å². The van der Waals surface area contributed by atoms with Crippen LogP contribution in [0.2, 0.25) is 0 Å². The van der Waals surface area contributed by atoms with Crippen LogP contribution in [0.3, 0.4) is 0 Å². The Balaban J connectivity index is 2.28. The van der Waals surface area contributed by atoms with Crippen LogP contribution < -0.4 is 0 Å². The Hall–Kier alpha value is -0.600. The number of halogens is 2. The molecule has 0 amide bonds. The molecule has 0 bridgehead atoms. The first-order chi connectivity index (χ1) is 8.99. The van der Waals surface area contributed by atoms with Crippen LogP contribution >= 0.6 is 31.9 Å². The van der Waals surface area contributed by atoms with Crippen molar-refractivity contribution in [1.82, 2.24) is 0 Å². The Kier molecular flexibility index (Phi) is 4.86. The predicted molar refractivity (Wildman–Crippen MR) is 90.2 cm³/mol. The SMILES string of the molecule is Cc1cc(C(Br)Cc2ccccc2C)c(C)cc1Br. The van der Waals surface area contributed by atoms with Gasteiger partial charge in [-0.15, -0.1) is 0 Å². The van der Waals surface area contributed by atoms with Gasteiger partial charge in [0.2, 0.25) is 0 Å². The molecular weight excluding hydrogens is 364 g/mol. The minimum absolute atomic E-state index is 0.361. The summed E-state index contributed by atoms with van der Waals surface area (Å²) in [4.78, 5) is 0.361. The van der Waals surface area contributed by atoms with Crippen molar-refractivity contribution < 1.29 is 0 Å². The van der Waals surface area contributed by atoms with E-state index in [1.54, 1.807) is 0 Å². The van der Waals surface area contributed by atoms with Crippen LogP contribution in [0.4, 0.5) is 0 Å². The first-order valence-corrected chi connectivity index (χ1v) is 8.15. The monoisotopic (exact) mass is 380 g/mol. The van der Waals surface area contributed by atoms with Crippen LogP contribution in [0.1, 0.15) is 32.6 Å². The van der Waals surface area contributed by atoms with Gasteiger partial charge in [-0.05, 0) is 61.1 Å². The van der Waals surface area contributed by atoms with Crippen LogP contribution in [0.5, 0.6) is 0 Å². The molecule has 0 spiro atoms. The molecule has 100 valence electrons. The number of rotatable bonds is 3. The molecule has 0 N–H and O–H groups in total. The summed E-state index contributed by atoms with van der Waals surface area (Å²) >= 11 is 7.44. The number of alkyl halides is 1. The van der Waals surface area contributed by atoms with Crippen molar-refractivity contribution in [3.8, 4) is 0 Å². The van der Waals surface area contributed by atoms with E-state index in [0.717, 1.165) is 6.42 Å². The summed E-state index contributed by atoms with van der Waals surface area (Å²) in [5, 5.41) is 0. The first-order valence-electron chi connectivity index (χ1n) is 6.44. The molecule has 0 aliphatic carbocycles. The molecule has 2 aromatic carbocycles. The van der Waals surface area contributed by atoms with Gasteiger partial charge < -0.3 is 0 Å². The van der Waals surface area contributed by atoms with E-state index in [1.807, 2.05) is 0 Å². The van der Waals surface area contributed by atoms with E-state index in [-0.39, 0.29) is 0 Å².